The Balaban J connectivity index is 0.00000363. The second-order valence-corrected chi connectivity index (χ2v) is 8.46. The molecule has 0 aliphatic carbocycles. The van der Waals surface area contributed by atoms with Gasteiger partial charge in [-0.15, -0.1) is 24.0 Å². The summed E-state index contributed by atoms with van der Waals surface area (Å²) in [5.74, 6) is 0.984. The van der Waals surface area contributed by atoms with Crippen molar-refractivity contribution in [2.24, 2.45) is 4.99 Å². The van der Waals surface area contributed by atoms with Crippen molar-refractivity contribution in [3.05, 3.63) is 24.3 Å². The molecule has 32 heavy (non-hydrogen) atoms. The number of piperidine rings is 1. The fourth-order valence-corrected chi connectivity index (χ4v) is 4.34. The molecular weight excluding hydrogens is 531 g/mol. The van der Waals surface area contributed by atoms with E-state index in [2.05, 4.69) is 44.3 Å². The van der Waals surface area contributed by atoms with Crippen LogP contribution in [0.2, 0.25) is 0 Å². The number of halogens is 3. The molecule has 0 radical (unpaired) electrons. The summed E-state index contributed by atoms with van der Waals surface area (Å²) in [5, 5.41) is 7.09. The third-order valence-electron chi connectivity index (χ3n) is 6.37. The van der Waals surface area contributed by atoms with Crippen LogP contribution in [-0.2, 0) is 4.74 Å². The first kappa shape index (κ1) is 26.8. The number of likely N-dealkylation sites (N-methyl/N-ethyl adjacent to an activating group) is 1. The minimum Gasteiger partial charge on any atom is -0.435 e. The summed E-state index contributed by atoms with van der Waals surface area (Å²) in [7, 11) is 6.05. The van der Waals surface area contributed by atoms with Gasteiger partial charge in [-0.05, 0) is 64.0 Å². The van der Waals surface area contributed by atoms with Crippen LogP contribution < -0.4 is 20.3 Å². The van der Waals surface area contributed by atoms with E-state index in [1.54, 1.807) is 19.2 Å². The van der Waals surface area contributed by atoms with Crippen molar-refractivity contribution in [2.45, 2.75) is 43.9 Å². The van der Waals surface area contributed by atoms with Gasteiger partial charge < -0.3 is 29.9 Å². The van der Waals surface area contributed by atoms with E-state index in [0.717, 1.165) is 70.2 Å². The lowest BCUT2D eigenvalue weighted by atomic mass is 9.88. The fraction of sp³-hybridized carbons (Fsp3) is 0.682. The van der Waals surface area contributed by atoms with Crippen molar-refractivity contribution >= 4 is 35.6 Å². The minimum atomic E-state index is -2.80. The predicted octanol–water partition coefficient (Wildman–Crippen LogP) is 3.15. The van der Waals surface area contributed by atoms with E-state index in [-0.39, 0.29) is 41.3 Å². The summed E-state index contributed by atoms with van der Waals surface area (Å²) in [6.45, 7) is 1.33. The standard InChI is InChI=1S/C22H35F2N5O2.HI/c1-25-21(26-16-22(28(2)3)10-13-30-14-11-22)27-17-5-4-12-29(15-17)18-6-8-19(9-7-18)31-20(23)24;/h6-9,17,20H,4-5,10-16H2,1-3H3,(H2,25,26,27);1H. The zero-order valence-electron chi connectivity index (χ0n) is 19.2. The zero-order chi connectivity index (χ0) is 22.3. The molecule has 7 nitrogen and oxygen atoms in total. The first-order chi connectivity index (χ1) is 14.9. The number of benzene rings is 1. The molecule has 1 atom stereocenters. The highest BCUT2D eigenvalue weighted by atomic mass is 127. The Morgan fingerprint density at radius 3 is 2.56 bits per heavy atom. The minimum absolute atomic E-state index is 0. The van der Waals surface area contributed by atoms with Crippen LogP contribution in [0.15, 0.2) is 29.3 Å². The number of ether oxygens (including phenoxy) is 2. The number of hydrogen-bond donors (Lipinski definition) is 2. The monoisotopic (exact) mass is 567 g/mol. The molecule has 182 valence electrons. The van der Waals surface area contributed by atoms with Crippen molar-refractivity contribution in [2.75, 3.05) is 58.9 Å². The molecule has 1 aromatic carbocycles. The molecule has 0 bridgehead atoms. The third-order valence-corrected chi connectivity index (χ3v) is 6.37. The first-order valence-corrected chi connectivity index (χ1v) is 10.9. The second-order valence-electron chi connectivity index (χ2n) is 8.46. The van der Waals surface area contributed by atoms with Crippen LogP contribution >= 0.6 is 24.0 Å². The van der Waals surface area contributed by atoms with Gasteiger partial charge in [0.15, 0.2) is 5.96 Å². The Morgan fingerprint density at radius 1 is 1.28 bits per heavy atom. The van der Waals surface area contributed by atoms with Crippen LogP contribution in [0.5, 0.6) is 5.75 Å². The lowest BCUT2D eigenvalue weighted by Gasteiger charge is -2.43. The third kappa shape index (κ3) is 7.31. The molecule has 10 heteroatoms. The summed E-state index contributed by atoms with van der Waals surface area (Å²) < 4.78 is 34.7. The molecule has 1 unspecified atom stereocenters. The van der Waals surface area contributed by atoms with Gasteiger partial charge in [-0.2, -0.15) is 8.78 Å². The van der Waals surface area contributed by atoms with Crippen LogP contribution in [0, 0.1) is 0 Å². The quantitative estimate of drug-likeness (QED) is 0.300. The summed E-state index contributed by atoms with van der Waals surface area (Å²) in [4.78, 5) is 8.99. The topological polar surface area (TPSA) is 61.4 Å². The van der Waals surface area contributed by atoms with Gasteiger partial charge in [0.1, 0.15) is 5.75 Å². The zero-order valence-corrected chi connectivity index (χ0v) is 21.5. The first-order valence-electron chi connectivity index (χ1n) is 10.9. The Labute approximate surface area is 206 Å². The SMILES string of the molecule is CN=C(NCC1(N(C)C)CCOCC1)NC1CCCN(c2ccc(OC(F)F)cc2)C1.I. The average Bonchev–Trinajstić information content (AvgIpc) is 2.77. The van der Waals surface area contributed by atoms with E-state index in [1.165, 1.54) is 0 Å². The van der Waals surface area contributed by atoms with Gasteiger partial charge in [0.2, 0.25) is 0 Å². The van der Waals surface area contributed by atoms with Crippen molar-refractivity contribution in [3.8, 4) is 5.75 Å². The Kier molecular flexibility index (Phi) is 10.7. The van der Waals surface area contributed by atoms with Gasteiger partial charge in [-0.3, -0.25) is 4.99 Å². The van der Waals surface area contributed by atoms with Gasteiger partial charge in [-0.1, -0.05) is 0 Å². The van der Waals surface area contributed by atoms with E-state index in [0.29, 0.717) is 0 Å². The van der Waals surface area contributed by atoms with Crippen molar-refractivity contribution < 1.29 is 18.3 Å². The van der Waals surface area contributed by atoms with E-state index in [4.69, 9.17) is 4.74 Å². The largest absolute Gasteiger partial charge is 0.435 e. The second kappa shape index (κ2) is 12.7. The van der Waals surface area contributed by atoms with Gasteiger partial charge in [0.05, 0.1) is 0 Å². The Morgan fingerprint density at radius 2 is 1.97 bits per heavy atom. The molecule has 2 saturated heterocycles. The van der Waals surface area contributed by atoms with E-state index < -0.39 is 6.61 Å². The lowest BCUT2D eigenvalue weighted by Crippen LogP contribution is -2.58. The maximum Gasteiger partial charge on any atom is 0.387 e. The van der Waals surface area contributed by atoms with E-state index in [9.17, 15) is 8.78 Å². The molecule has 2 N–H and O–H groups in total. The smallest absolute Gasteiger partial charge is 0.387 e. The molecule has 0 amide bonds. The molecular formula is C22H36F2IN5O2. The van der Waals surface area contributed by atoms with Gasteiger partial charge in [0, 0.05) is 57.2 Å². The number of hydrogen-bond acceptors (Lipinski definition) is 5. The number of alkyl halides is 2. The Bertz CT molecular complexity index is 715. The number of guanidine groups is 1. The number of aliphatic imine (C=N–C) groups is 1. The van der Waals surface area contributed by atoms with Crippen LogP contribution in [-0.4, -0.2) is 83.0 Å². The van der Waals surface area contributed by atoms with Crippen LogP contribution in [0.25, 0.3) is 0 Å². The molecule has 0 aromatic heterocycles. The predicted molar refractivity (Wildman–Crippen MR) is 135 cm³/mol. The van der Waals surface area contributed by atoms with Crippen molar-refractivity contribution in [1.29, 1.82) is 0 Å². The highest BCUT2D eigenvalue weighted by Crippen LogP contribution is 2.26. The van der Waals surface area contributed by atoms with Crippen LogP contribution in [0.4, 0.5) is 14.5 Å². The molecule has 0 saturated carbocycles. The van der Waals surface area contributed by atoms with E-state index >= 15 is 0 Å². The molecule has 0 spiro atoms. The summed E-state index contributed by atoms with van der Waals surface area (Å²) >= 11 is 0. The lowest BCUT2D eigenvalue weighted by molar-refractivity contribution is -0.0498. The number of anilines is 1. The summed E-state index contributed by atoms with van der Waals surface area (Å²) in [5.41, 5.74) is 1.07. The number of rotatable bonds is 7. The average molecular weight is 567 g/mol. The molecule has 3 rings (SSSR count). The maximum absolute atomic E-state index is 12.4. The maximum atomic E-state index is 12.4. The van der Waals surface area contributed by atoms with Crippen molar-refractivity contribution in [3.63, 3.8) is 0 Å². The molecule has 2 heterocycles. The molecule has 2 aliphatic heterocycles. The van der Waals surface area contributed by atoms with Crippen molar-refractivity contribution in [1.82, 2.24) is 15.5 Å². The van der Waals surface area contributed by atoms with Crippen LogP contribution in [0.1, 0.15) is 25.7 Å². The van der Waals surface area contributed by atoms with Gasteiger partial charge >= 0.3 is 6.61 Å². The summed E-state index contributed by atoms with van der Waals surface area (Å²) in [6, 6.07) is 7.10. The molecule has 2 fully saturated rings. The number of nitrogens with one attached hydrogen (secondary N) is 2. The highest BCUT2D eigenvalue weighted by molar-refractivity contribution is 14.0. The molecule has 1 aromatic rings. The van der Waals surface area contributed by atoms with Gasteiger partial charge in [-0.25, -0.2) is 0 Å². The van der Waals surface area contributed by atoms with Crippen LogP contribution in [0.3, 0.4) is 0 Å². The number of nitrogens with zero attached hydrogens (tertiary/aromatic N) is 3. The molecule has 2 aliphatic rings. The fourth-order valence-electron chi connectivity index (χ4n) is 4.34. The highest BCUT2D eigenvalue weighted by Gasteiger charge is 2.35. The van der Waals surface area contributed by atoms with Gasteiger partial charge in [0.25, 0.3) is 0 Å². The Hall–Kier alpha value is -1.40. The van der Waals surface area contributed by atoms with E-state index in [1.807, 2.05) is 12.1 Å². The normalized spacial score (nSPS) is 21.3. The summed E-state index contributed by atoms with van der Waals surface area (Å²) in [6.07, 6.45) is 4.08.